The molecule has 0 aromatic heterocycles. The van der Waals surface area contributed by atoms with Gasteiger partial charge in [-0.25, -0.2) is 9.59 Å². The summed E-state index contributed by atoms with van der Waals surface area (Å²) in [4.78, 5) is 46.8. The van der Waals surface area contributed by atoms with Gasteiger partial charge < -0.3 is 37.9 Å². The molecule has 0 spiro atoms. The highest BCUT2D eigenvalue weighted by atomic mass is 16.6. The Kier molecular flexibility index (Phi) is 16.6. The highest BCUT2D eigenvalue weighted by Gasteiger charge is 2.10. The third kappa shape index (κ3) is 14.6. The van der Waals surface area contributed by atoms with Crippen molar-refractivity contribution in [1.29, 1.82) is 0 Å². The molecule has 0 saturated heterocycles. The molecule has 12 heteroatoms. The van der Waals surface area contributed by atoms with Crippen LogP contribution in [-0.2, 0) is 38.1 Å². The van der Waals surface area contributed by atoms with Crippen LogP contribution in [0.5, 0.6) is 23.0 Å². The molecule has 0 N–H and O–H groups in total. The number of esters is 4. The van der Waals surface area contributed by atoms with E-state index < -0.39 is 23.9 Å². The molecule has 0 radical (unpaired) electrons. The molecule has 0 atom stereocenters. The lowest BCUT2D eigenvalue weighted by Gasteiger charge is -2.10. The van der Waals surface area contributed by atoms with Gasteiger partial charge in [-0.3, -0.25) is 9.59 Å². The van der Waals surface area contributed by atoms with E-state index in [2.05, 4.69) is 13.2 Å². The van der Waals surface area contributed by atoms with E-state index >= 15 is 0 Å². The Hall–Kier alpha value is -6.30. The molecule has 0 saturated carbocycles. The quantitative estimate of drug-likeness (QED) is 0.0494. The minimum absolute atomic E-state index is 0.214. The van der Waals surface area contributed by atoms with Gasteiger partial charge in [-0.05, 0) is 49.2 Å². The van der Waals surface area contributed by atoms with E-state index in [9.17, 15) is 19.2 Å². The molecule has 2 aromatic rings. The summed E-state index contributed by atoms with van der Waals surface area (Å²) in [7, 11) is 0. The van der Waals surface area contributed by atoms with Crippen LogP contribution in [-0.4, -0.2) is 23.9 Å². The molecule has 0 aliphatic rings. The smallest absolute Gasteiger partial charge is 0.338 e. The van der Waals surface area contributed by atoms with Crippen molar-refractivity contribution in [2.45, 2.75) is 41.5 Å². The minimum Gasteiger partial charge on any atom is -0.458 e. The number of carbonyl (C=O) groups excluding carboxylic acids is 4. The molecular weight excluding hydrogens is 648 g/mol. The summed E-state index contributed by atoms with van der Waals surface area (Å²) in [6.45, 7) is 16.8. The molecule has 50 heavy (non-hydrogen) atoms. The van der Waals surface area contributed by atoms with Gasteiger partial charge in [0.25, 0.3) is 0 Å². The van der Waals surface area contributed by atoms with E-state index in [-0.39, 0.29) is 46.0 Å². The van der Waals surface area contributed by atoms with Crippen molar-refractivity contribution in [2.24, 2.45) is 11.8 Å². The van der Waals surface area contributed by atoms with Gasteiger partial charge in [0.05, 0.1) is 11.8 Å². The zero-order chi connectivity index (χ0) is 37.1. The van der Waals surface area contributed by atoms with Gasteiger partial charge in [0.15, 0.2) is 23.0 Å². The average molecular weight is 689 g/mol. The maximum Gasteiger partial charge on any atom is 0.338 e. The van der Waals surface area contributed by atoms with Crippen molar-refractivity contribution in [3.8, 4) is 23.0 Å². The summed E-state index contributed by atoms with van der Waals surface area (Å²) < 4.78 is 42.4. The van der Waals surface area contributed by atoms with E-state index in [1.165, 1.54) is 26.4 Å². The zero-order valence-electron chi connectivity index (χ0n) is 28.7. The summed E-state index contributed by atoms with van der Waals surface area (Å²) in [5, 5.41) is 0. The molecule has 0 amide bonds. The first-order valence-electron chi connectivity index (χ1n) is 15.1. The molecule has 0 aliphatic heterocycles. The van der Waals surface area contributed by atoms with Crippen LogP contribution < -0.4 is 18.9 Å². The number of carbonyl (C=O) groups is 4. The minimum atomic E-state index is -0.623. The maximum absolute atomic E-state index is 11.8. The lowest BCUT2D eigenvalue weighted by molar-refractivity contribution is -0.142. The van der Waals surface area contributed by atoms with Gasteiger partial charge in [-0.1, -0.05) is 65.1 Å². The Labute approximate surface area is 291 Å². The first-order valence-corrected chi connectivity index (χ1v) is 15.1. The van der Waals surface area contributed by atoms with Gasteiger partial charge in [0, 0.05) is 11.1 Å². The van der Waals surface area contributed by atoms with Crippen LogP contribution in [0.25, 0.3) is 12.2 Å². The third-order valence-corrected chi connectivity index (χ3v) is 5.76. The number of rotatable bonds is 18. The van der Waals surface area contributed by atoms with Crippen molar-refractivity contribution in [3.05, 3.63) is 122 Å². The summed E-state index contributed by atoms with van der Waals surface area (Å²) in [6.07, 6.45) is 12.6. The second-order valence-electron chi connectivity index (χ2n) is 10.9. The molecule has 0 unspecified atom stereocenters. The van der Waals surface area contributed by atoms with Crippen molar-refractivity contribution >= 4 is 36.0 Å². The highest BCUT2D eigenvalue weighted by molar-refractivity contribution is 5.87. The molecule has 2 rings (SSSR count). The van der Waals surface area contributed by atoms with Gasteiger partial charge in [0.2, 0.25) is 0 Å². The van der Waals surface area contributed by atoms with Crippen molar-refractivity contribution in [2.75, 3.05) is 0 Å². The Morgan fingerprint density at radius 1 is 0.500 bits per heavy atom. The molecule has 0 aliphatic carbocycles. The Morgan fingerprint density at radius 2 is 0.820 bits per heavy atom. The number of hydrogen-bond acceptors (Lipinski definition) is 12. The number of hydrogen-bond donors (Lipinski definition) is 0. The molecule has 12 nitrogen and oxygen atoms in total. The van der Waals surface area contributed by atoms with E-state index in [1.54, 1.807) is 76.2 Å². The fraction of sp³-hybridized carbons (Fsp3) is 0.211. The zero-order valence-corrected chi connectivity index (χ0v) is 28.7. The SMILES string of the molecule is C=C(C)C(=O)O/C=C/Oc1ccc(/C=C/c2ccc(O/C=C/OC(=O)C(C)C)c(O/C=C/OC(=O)C(=C)C)c2)cc1O/C=C/OC(=O)C(C)C. The van der Waals surface area contributed by atoms with E-state index in [0.29, 0.717) is 11.1 Å². The van der Waals surface area contributed by atoms with Gasteiger partial charge in [-0.2, -0.15) is 0 Å². The molecule has 2 aromatic carbocycles. The van der Waals surface area contributed by atoms with Crippen molar-refractivity contribution < 1.29 is 57.1 Å². The monoisotopic (exact) mass is 688 g/mol. The molecular formula is C38H40O12. The highest BCUT2D eigenvalue weighted by Crippen LogP contribution is 2.32. The van der Waals surface area contributed by atoms with Crippen LogP contribution in [0.3, 0.4) is 0 Å². The number of ether oxygens (including phenoxy) is 8. The second kappa shape index (κ2) is 20.8. The van der Waals surface area contributed by atoms with Crippen LogP contribution in [0.1, 0.15) is 52.7 Å². The lowest BCUT2D eigenvalue weighted by Crippen LogP contribution is -2.07. The topological polar surface area (TPSA) is 142 Å². The predicted molar refractivity (Wildman–Crippen MR) is 185 cm³/mol. The standard InChI is InChI=1S/C38H40O12/c1-25(2)35(39)47-19-15-43-31-13-11-29(23-33(31)45-17-21-49-37(41)27(5)6)9-10-30-12-14-32(44-16-20-48-36(40)26(3)4)34(24-30)46-18-22-50-38(42)28(7)8/h9-24,26-27H,1,7H2,2-6,8H3/b10-9+,19-15+,20-16+,21-17+,22-18+. The molecule has 0 bridgehead atoms. The van der Waals surface area contributed by atoms with Crippen LogP contribution in [0.2, 0.25) is 0 Å². The first-order chi connectivity index (χ1) is 23.8. The van der Waals surface area contributed by atoms with E-state index in [1.807, 2.05) is 0 Å². The maximum atomic E-state index is 11.8. The lowest BCUT2D eigenvalue weighted by atomic mass is 10.1. The normalized spacial score (nSPS) is 11.4. The average Bonchev–Trinajstić information content (AvgIpc) is 3.08. The summed E-state index contributed by atoms with van der Waals surface area (Å²) in [6, 6.07) is 10.0. The Morgan fingerprint density at radius 3 is 1.14 bits per heavy atom. The summed E-state index contributed by atoms with van der Waals surface area (Å²) in [5.74, 6) is -1.74. The largest absolute Gasteiger partial charge is 0.458 e. The van der Waals surface area contributed by atoms with Gasteiger partial charge in [0.1, 0.15) is 50.1 Å². The second-order valence-corrected chi connectivity index (χ2v) is 10.9. The van der Waals surface area contributed by atoms with Gasteiger partial charge in [-0.15, -0.1) is 0 Å². The van der Waals surface area contributed by atoms with Crippen LogP contribution >= 0.6 is 0 Å². The van der Waals surface area contributed by atoms with Crippen LogP contribution in [0.4, 0.5) is 0 Å². The van der Waals surface area contributed by atoms with E-state index in [4.69, 9.17) is 37.9 Å². The van der Waals surface area contributed by atoms with Crippen molar-refractivity contribution in [1.82, 2.24) is 0 Å². The molecule has 0 fully saturated rings. The van der Waals surface area contributed by atoms with E-state index in [0.717, 1.165) is 37.6 Å². The first kappa shape index (κ1) is 39.9. The molecule has 264 valence electrons. The number of benzene rings is 2. The fourth-order valence-electron chi connectivity index (χ4n) is 3.07. The predicted octanol–water partition coefficient (Wildman–Crippen LogP) is 7.89. The van der Waals surface area contributed by atoms with Crippen LogP contribution in [0, 0.1) is 11.8 Å². The Balaban J connectivity index is 2.33. The van der Waals surface area contributed by atoms with Gasteiger partial charge >= 0.3 is 23.9 Å². The molecule has 0 heterocycles. The van der Waals surface area contributed by atoms with Crippen molar-refractivity contribution in [3.63, 3.8) is 0 Å². The van der Waals surface area contributed by atoms with Crippen LogP contribution in [0.15, 0.2) is 111 Å². The Bertz CT molecular complexity index is 1690. The summed E-state index contributed by atoms with van der Waals surface area (Å²) >= 11 is 0. The summed E-state index contributed by atoms with van der Waals surface area (Å²) in [5.41, 5.74) is 1.80. The third-order valence-electron chi connectivity index (χ3n) is 5.76. The fourth-order valence-corrected chi connectivity index (χ4v) is 3.07.